The van der Waals surface area contributed by atoms with Crippen molar-refractivity contribution in [1.82, 2.24) is 15.5 Å². The number of hydrogen-bond acceptors (Lipinski definition) is 4. The first-order valence-corrected chi connectivity index (χ1v) is 14.9. The molecule has 228 valence electrons. The Morgan fingerprint density at radius 2 is 1.62 bits per heavy atom. The standard InChI is InChI=1S/C31H42ClN7O2.ClH/c32-25-8-4-7-24(18-25)26(17-20-9-11-23(12-10-20)28(33)34)29(40)38-27(22-5-2-1-3-6-22)30(41)37-19-21-13-15-39(16-14-21)31(35)36;/h4,7-12,18,21-22,26-27H,1-3,5-6,13-17,19H2,(H3,33,34)(H3,35,36)(H,37,41)(H,38,40);1H/t26?,27-;/m0./s1. The van der Waals surface area contributed by atoms with Gasteiger partial charge >= 0.3 is 0 Å². The highest BCUT2D eigenvalue weighted by Gasteiger charge is 2.34. The van der Waals surface area contributed by atoms with E-state index in [1.807, 2.05) is 29.2 Å². The van der Waals surface area contributed by atoms with E-state index in [4.69, 9.17) is 33.9 Å². The molecule has 1 aliphatic heterocycles. The zero-order chi connectivity index (χ0) is 29.4. The Bertz CT molecular complexity index is 1230. The van der Waals surface area contributed by atoms with E-state index < -0.39 is 12.0 Å². The predicted octanol–water partition coefficient (Wildman–Crippen LogP) is 4.16. The summed E-state index contributed by atoms with van der Waals surface area (Å²) in [5.41, 5.74) is 13.6. The van der Waals surface area contributed by atoms with E-state index in [0.29, 0.717) is 42.6 Å². The zero-order valence-electron chi connectivity index (χ0n) is 23.9. The number of benzene rings is 2. The van der Waals surface area contributed by atoms with Crippen molar-refractivity contribution in [1.29, 1.82) is 10.8 Å². The largest absolute Gasteiger partial charge is 0.384 e. The number of nitrogens with zero attached hydrogens (tertiary/aromatic N) is 1. The van der Waals surface area contributed by atoms with Gasteiger partial charge in [-0.25, -0.2) is 0 Å². The Balaban J connectivity index is 0.00000484. The lowest BCUT2D eigenvalue weighted by molar-refractivity contribution is -0.131. The summed E-state index contributed by atoms with van der Waals surface area (Å²) in [4.78, 5) is 29.4. The number of carbonyl (C=O) groups excluding carboxylic acids is 2. The van der Waals surface area contributed by atoms with Crippen molar-refractivity contribution in [2.75, 3.05) is 19.6 Å². The molecule has 4 rings (SSSR count). The third-order valence-corrected chi connectivity index (χ3v) is 8.73. The number of hydrogen-bond donors (Lipinski definition) is 6. The molecule has 1 saturated heterocycles. The van der Waals surface area contributed by atoms with Crippen LogP contribution in [-0.2, 0) is 16.0 Å². The number of halogens is 2. The quantitative estimate of drug-likeness (QED) is 0.174. The Morgan fingerprint density at radius 3 is 2.21 bits per heavy atom. The van der Waals surface area contributed by atoms with E-state index in [2.05, 4.69) is 10.6 Å². The molecule has 2 amide bonds. The van der Waals surface area contributed by atoms with Gasteiger partial charge in [-0.1, -0.05) is 67.3 Å². The molecule has 2 aromatic rings. The number of piperidine rings is 1. The summed E-state index contributed by atoms with van der Waals surface area (Å²) in [6.07, 6.45) is 7.20. The molecule has 2 aliphatic rings. The maximum atomic E-state index is 14.0. The van der Waals surface area contributed by atoms with Gasteiger partial charge in [0.2, 0.25) is 11.8 Å². The number of amides is 2. The van der Waals surface area contributed by atoms with E-state index in [-0.39, 0.29) is 41.9 Å². The molecule has 0 radical (unpaired) electrons. The summed E-state index contributed by atoms with van der Waals surface area (Å²) in [5, 5.41) is 22.1. The second-order valence-electron chi connectivity index (χ2n) is 11.4. The number of nitrogens with two attached hydrogens (primary N) is 2. The van der Waals surface area contributed by atoms with Gasteiger partial charge in [-0.2, -0.15) is 0 Å². The molecule has 0 aromatic heterocycles. The first-order valence-electron chi connectivity index (χ1n) is 14.6. The monoisotopic (exact) mass is 615 g/mol. The Morgan fingerprint density at radius 1 is 0.952 bits per heavy atom. The number of guanidine groups is 1. The lowest BCUT2D eigenvalue weighted by Gasteiger charge is -2.34. The number of likely N-dealkylation sites (tertiary alicyclic amines) is 1. The van der Waals surface area contributed by atoms with Gasteiger partial charge in [0.15, 0.2) is 5.96 Å². The fourth-order valence-corrected chi connectivity index (χ4v) is 6.19. The van der Waals surface area contributed by atoms with Crippen LogP contribution >= 0.6 is 24.0 Å². The molecule has 11 heteroatoms. The van der Waals surface area contributed by atoms with E-state index in [9.17, 15) is 9.59 Å². The van der Waals surface area contributed by atoms with Gasteiger partial charge in [0, 0.05) is 30.2 Å². The Hall–Kier alpha value is -3.30. The molecule has 42 heavy (non-hydrogen) atoms. The zero-order valence-corrected chi connectivity index (χ0v) is 25.5. The van der Waals surface area contributed by atoms with Crippen molar-refractivity contribution in [3.63, 3.8) is 0 Å². The van der Waals surface area contributed by atoms with Crippen LogP contribution in [0.15, 0.2) is 48.5 Å². The van der Waals surface area contributed by atoms with Crippen molar-refractivity contribution in [2.45, 2.75) is 63.3 Å². The Kier molecular flexibility index (Phi) is 12.5. The van der Waals surface area contributed by atoms with Crippen molar-refractivity contribution >= 4 is 47.6 Å². The minimum Gasteiger partial charge on any atom is -0.384 e. The molecule has 1 heterocycles. The van der Waals surface area contributed by atoms with Gasteiger partial charge in [-0.05, 0) is 67.2 Å². The van der Waals surface area contributed by atoms with E-state index in [1.165, 1.54) is 0 Å². The van der Waals surface area contributed by atoms with Gasteiger partial charge in [0.05, 0.1) is 5.92 Å². The second kappa shape index (κ2) is 15.8. The highest BCUT2D eigenvalue weighted by Crippen LogP contribution is 2.29. The SMILES string of the molecule is Cl.N=C(N)c1ccc(CC(C(=O)N[C@H](C(=O)NCC2CCN(C(=N)N)CC2)C2CCCCC2)c2cccc(Cl)c2)cc1. The van der Waals surface area contributed by atoms with E-state index >= 15 is 0 Å². The van der Waals surface area contributed by atoms with Crippen LogP contribution in [0.25, 0.3) is 0 Å². The van der Waals surface area contributed by atoms with Crippen LogP contribution in [-0.4, -0.2) is 54.2 Å². The first kappa shape index (κ1) is 33.2. The number of carbonyl (C=O) groups is 2. The molecule has 2 fully saturated rings. The Labute approximate surface area is 259 Å². The molecule has 8 N–H and O–H groups in total. The van der Waals surface area contributed by atoms with Crippen molar-refractivity contribution < 1.29 is 9.59 Å². The predicted molar refractivity (Wildman–Crippen MR) is 170 cm³/mol. The van der Waals surface area contributed by atoms with Crippen LogP contribution in [0.1, 0.15) is 67.6 Å². The molecule has 0 spiro atoms. The summed E-state index contributed by atoms with van der Waals surface area (Å²) in [7, 11) is 0. The molecule has 1 unspecified atom stereocenters. The minimum absolute atomic E-state index is 0. The molecule has 1 saturated carbocycles. The first-order chi connectivity index (χ1) is 19.7. The second-order valence-corrected chi connectivity index (χ2v) is 11.8. The van der Waals surface area contributed by atoms with Crippen molar-refractivity contribution in [2.24, 2.45) is 23.3 Å². The fraction of sp³-hybridized carbons (Fsp3) is 0.484. The minimum atomic E-state index is -0.609. The van der Waals surface area contributed by atoms with Crippen molar-refractivity contribution in [3.05, 3.63) is 70.2 Å². The van der Waals surface area contributed by atoms with Crippen LogP contribution in [0.2, 0.25) is 5.02 Å². The molecule has 0 bridgehead atoms. The highest BCUT2D eigenvalue weighted by molar-refractivity contribution is 6.30. The summed E-state index contributed by atoms with van der Waals surface area (Å²) < 4.78 is 0. The topological polar surface area (TPSA) is 161 Å². The maximum Gasteiger partial charge on any atom is 0.242 e. The molecule has 9 nitrogen and oxygen atoms in total. The number of nitrogens with one attached hydrogen (secondary N) is 4. The van der Waals surface area contributed by atoms with Crippen LogP contribution in [0.3, 0.4) is 0 Å². The lowest BCUT2D eigenvalue weighted by atomic mass is 9.82. The van der Waals surface area contributed by atoms with E-state index in [0.717, 1.165) is 56.1 Å². The molecular formula is C31H43Cl2N7O2. The fourth-order valence-electron chi connectivity index (χ4n) is 5.99. The number of nitrogen functional groups attached to an aromatic ring is 1. The summed E-state index contributed by atoms with van der Waals surface area (Å²) in [6, 6.07) is 14.0. The smallest absolute Gasteiger partial charge is 0.242 e. The summed E-state index contributed by atoms with van der Waals surface area (Å²) in [5.74, 6) is -0.399. The van der Waals surface area contributed by atoms with E-state index in [1.54, 1.807) is 24.3 Å². The summed E-state index contributed by atoms with van der Waals surface area (Å²) in [6.45, 7) is 1.98. The average molecular weight is 617 g/mol. The van der Waals surface area contributed by atoms with Crippen molar-refractivity contribution in [3.8, 4) is 0 Å². The third-order valence-electron chi connectivity index (χ3n) is 8.49. The van der Waals surface area contributed by atoms with Crippen LogP contribution < -0.4 is 22.1 Å². The van der Waals surface area contributed by atoms with Gasteiger partial charge < -0.3 is 27.0 Å². The highest BCUT2D eigenvalue weighted by atomic mass is 35.5. The number of amidine groups is 1. The molecule has 1 aliphatic carbocycles. The van der Waals surface area contributed by atoms with Gasteiger partial charge in [0.1, 0.15) is 11.9 Å². The van der Waals surface area contributed by atoms with Crippen LogP contribution in [0.4, 0.5) is 0 Å². The molecule has 2 aromatic carbocycles. The maximum absolute atomic E-state index is 14.0. The van der Waals surface area contributed by atoms with Crippen LogP contribution in [0.5, 0.6) is 0 Å². The normalized spacial score (nSPS) is 17.4. The van der Waals surface area contributed by atoms with Gasteiger partial charge in [-0.3, -0.25) is 20.4 Å². The average Bonchev–Trinajstić information content (AvgIpc) is 2.98. The van der Waals surface area contributed by atoms with Gasteiger partial charge in [-0.15, -0.1) is 12.4 Å². The van der Waals surface area contributed by atoms with Gasteiger partial charge in [0.25, 0.3) is 0 Å². The van der Waals surface area contributed by atoms with Crippen LogP contribution in [0, 0.1) is 22.7 Å². The molecular weight excluding hydrogens is 573 g/mol. The summed E-state index contributed by atoms with van der Waals surface area (Å²) >= 11 is 6.32. The lowest BCUT2D eigenvalue weighted by Crippen LogP contribution is -2.53. The molecule has 2 atom stereocenters. The number of rotatable bonds is 10. The third kappa shape index (κ3) is 9.10.